The zero-order chi connectivity index (χ0) is 7.02. The minimum atomic E-state index is -0.898. The van der Waals surface area contributed by atoms with E-state index in [1.807, 2.05) is 0 Å². The van der Waals surface area contributed by atoms with Crippen molar-refractivity contribution in [1.29, 1.82) is 0 Å². The van der Waals surface area contributed by atoms with Gasteiger partial charge in [0, 0.05) is 0 Å². The minimum absolute atomic E-state index is 0. The Morgan fingerprint density at radius 3 is 1.20 bits per heavy atom. The first-order valence-corrected chi connectivity index (χ1v) is 2.05. The maximum Gasteiger partial charge on any atom is 0.333 e. The molecule has 1 rings (SSSR count). The Bertz CT molecular complexity index is 203. The molecule has 0 saturated heterocycles. The molecule has 6 heteroatoms. The molecule has 0 aliphatic heterocycles. The van der Waals surface area contributed by atoms with E-state index in [0.29, 0.717) is 0 Å². The van der Waals surface area contributed by atoms with Crippen LogP contribution in [0.15, 0.2) is 4.42 Å². The molecular formula is C4H6O6. The van der Waals surface area contributed by atoms with Crippen molar-refractivity contribution in [3.05, 3.63) is 0 Å². The van der Waals surface area contributed by atoms with Crippen molar-refractivity contribution >= 4 is 0 Å². The lowest BCUT2D eigenvalue weighted by Gasteiger charge is -1.81. The third kappa shape index (κ3) is 0.914. The summed E-state index contributed by atoms with van der Waals surface area (Å²) in [5.74, 6) is -3.50. The van der Waals surface area contributed by atoms with Gasteiger partial charge in [0.15, 0.2) is 0 Å². The molecule has 6 nitrogen and oxygen atoms in total. The summed E-state index contributed by atoms with van der Waals surface area (Å²) in [4.78, 5) is 0. The Kier molecular flexibility index (Phi) is 1.99. The largest absolute Gasteiger partial charge is 0.499 e. The van der Waals surface area contributed by atoms with Crippen LogP contribution in [-0.4, -0.2) is 25.9 Å². The Labute approximate surface area is 54.9 Å². The monoisotopic (exact) mass is 150 g/mol. The summed E-state index contributed by atoms with van der Waals surface area (Å²) in [5.41, 5.74) is 0. The molecule has 10 heavy (non-hydrogen) atoms. The molecule has 0 spiro atoms. The first kappa shape index (κ1) is 8.44. The molecular weight excluding hydrogens is 144 g/mol. The van der Waals surface area contributed by atoms with Crippen molar-refractivity contribution < 1.29 is 30.3 Å². The quantitative estimate of drug-likeness (QED) is 0.388. The van der Waals surface area contributed by atoms with E-state index in [0.717, 1.165) is 0 Å². The van der Waals surface area contributed by atoms with Gasteiger partial charge >= 0.3 is 11.9 Å². The average molecular weight is 150 g/mol. The van der Waals surface area contributed by atoms with Crippen molar-refractivity contribution in [2.45, 2.75) is 0 Å². The van der Waals surface area contributed by atoms with Crippen LogP contribution in [0.25, 0.3) is 0 Å². The molecule has 58 valence electrons. The molecule has 0 aliphatic rings. The van der Waals surface area contributed by atoms with Gasteiger partial charge in [0.1, 0.15) is 0 Å². The number of aromatic hydroxyl groups is 4. The maximum atomic E-state index is 8.47. The molecule has 0 aromatic carbocycles. The molecule has 1 aromatic heterocycles. The third-order valence-electron chi connectivity index (χ3n) is 0.823. The predicted octanol–water partition coefficient (Wildman–Crippen LogP) is -0.723. The summed E-state index contributed by atoms with van der Waals surface area (Å²) >= 11 is 0. The topological polar surface area (TPSA) is 126 Å². The second kappa shape index (κ2) is 2.36. The Hall–Kier alpha value is -1.56. The summed E-state index contributed by atoms with van der Waals surface area (Å²) in [6.45, 7) is 0. The van der Waals surface area contributed by atoms with Crippen molar-refractivity contribution in [1.82, 2.24) is 0 Å². The van der Waals surface area contributed by atoms with Crippen LogP contribution in [-0.2, 0) is 0 Å². The van der Waals surface area contributed by atoms with E-state index in [1.165, 1.54) is 0 Å². The van der Waals surface area contributed by atoms with E-state index >= 15 is 0 Å². The lowest BCUT2D eigenvalue weighted by Crippen LogP contribution is -1.56. The van der Waals surface area contributed by atoms with Crippen LogP contribution >= 0.6 is 0 Å². The molecule has 0 bridgehead atoms. The summed E-state index contributed by atoms with van der Waals surface area (Å²) in [6, 6.07) is 0. The normalized spacial score (nSPS) is 8.80. The molecule has 0 saturated carbocycles. The van der Waals surface area contributed by atoms with Gasteiger partial charge in [0.25, 0.3) is 0 Å². The Morgan fingerprint density at radius 1 is 0.800 bits per heavy atom. The number of rotatable bonds is 0. The van der Waals surface area contributed by atoms with Crippen LogP contribution in [0.3, 0.4) is 0 Å². The molecule has 0 unspecified atom stereocenters. The molecule has 1 aromatic rings. The highest BCUT2D eigenvalue weighted by molar-refractivity contribution is 5.49. The number of hydrogen-bond donors (Lipinski definition) is 4. The van der Waals surface area contributed by atoms with E-state index < -0.39 is 23.4 Å². The van der Waals surface area contributed by atoms with Gasteiger partial charge in [-0.2, -0.15) is 0 Å². The van der Waals surface area contributed by atoms with E-state index in [-0.39, 0.29) is 5.48 Å². The van der Waals surface area contributed by atoms with E-state index in [4.69, 9.17) is 20.4 Å². The van der Waals surface area contributed by atoms with Crippen LogP contribution in [0.4, 0.5) is 0 Å². The average Bonchev–Trinajstić information content (AvgIpc) is 1.98. The van der Waals surface area contributed by atoms with Gasteiger partial charge in [-0.1, -0.05) is 0 Å². The second-order valence-electron chi connectivity index (χ2n) is 1.41. The fraction of sp³-hybridized carbons (Fsp3) is 0. The van der Waals surface area contributed by atoms with Gasteiger partial charge < -0.3 is 30.3 Å². The van der Waals surface area contributed by atoms with Gasteiger partial charge in [-0.15, -0.1) is 0 Å². The van der Waals surface area contributed by atoms with Gasteiger partial charge in [-0.05, 0) is 0 Å². The first-order chi connectivity index (χ1) is 4.13. The molecule has 1 heterocycles. The van der Waals surface area contributed by atoms with Crippen molar-refractivity contribution in [2.24, 2.45) is 0 Å². The third-order valence-corrected chi connectivity index (χ3v) is 0.823. The fourth-order valence-electron chi connectivity index (χ4n) is 0.391. The van der Waals surface area contributed by atoms with E-state index in [1.54, 1.807) is 0 Å². The van der Waals surface area contributed by atoms with Gasteiger partial charge in [0.05, 0.1) is 0 Å². The zero-order valence-corrected chi connectivity index (χ0v) is 4.70. The van der Waals surface area contributed by atoms with Crippen molar-refractivity contribution in [2.75, 3.05) is 0 Å². The highest BCUT2D eigenvalue weighted by Crippen LogP contribution is 2.44. The van der Waals surface area contributed by atoms with Crippen LogP contribution in [0.2, 0.25) is 0 Å². The molecule has 0 amide bonds. The van der Waals surface area contributed by atoms with Gasteiger partial charge in [-0.3, -0.25) is 0 Å². The number of hydrogen-bond acceptors (Lipinski definition) is 5. The zero-order valence-electron chi connectivity index (χ0n) is 4.70. The lowest BCUT2D eigenvalue weighted by molar-refractivity contribution is 0.252. The van der Waals surface area contributed by atoms with E-state index in [9.17, 15) is 0 Å². The second-order valence-corrected chi connectivity index (χ2v) is 1.41. The van der Waals surface area contributed by atoms with Gasteiger partial charge in [-0.25, -0.2) is 0 Å². The fourth-order valence-corrected chi connectivity index (χ4v) is 0.391. The summed E-state index contributed by atoms with van der Waals surface area (Å²) in [7, 11) is 0. The SMILES string of the molecule is O.Oc1oc(O)c(O)c1O. The van der Waals surface area contributed by atoms with Crippen LogP contribution in [0.5, 0.6) is 23.4 Å². The first-order valence-electron chi connectivity index (χ1n) is 2.05. The maximum absolute atomic E-state index is 8.47. The smallest absolute Gasteiger partial charge is 0.333 e. The van der Waals surface area contributed by atoms with E-state index in [2.05, 4.69) is 4.42 Å². The Balaban J connectivity index is 0.000000810. The van der Waals surface area contributed by atoms with Crippen LogP contribution in [0.1, 0.15) is 0 Å². The van der Waals surface area contributed by atoms with Gasteiger partial charge in [0.2, 0.25) is 11.5 Å². The van der Waals surface area contributed by atoms with Crippen LogP contribution in [0, 0.1) is 0 Å². The highest BCUT2D eigenvalue weighted by atomic mass is 16.6. The Morgan fingerprint density at radius 2 is 1.10 bits per heavy atom. The van der Waals surface area contributed by atoms with Crippen molar-refractivity contribution in [3.8, 4) is 23.4 Å². The number of furan rings is 1. The molecule has 0 aliphatic carbocycles. The predicted molar refractivity (Wildman–Crippen MR) is 29.0 cm³/mol. The summed E-state index contributed by atoms with van der Waals surface area (Å²) in [6.07, 6.45) is 0. The minimum Gasteiger partial charge on any atom is -0.499 e. The summed E-state index contributed by atoms with van der Waals surface area (Å²) < 4.78 is 3.96. The lowest BCUT2D eigenvalue weighted by atomic mass is 10.5. The molecule has 0 fully saturated rings. The molecule has 0 radical (unpaired) electrons. The van der Waals surface area contributed by atoms with Crippen LogP contribution < -0.4 is 0 Å². The highest BCUT2D eigenvalue weighted by Gasteiger charge is 2.16. The molecule has 6 N–H and O–H groups in total. The molecule has 0 atom stereocenters. The standard InChI is InChI=1S/C4H4O5.H2O/c5-1-2(6)4(8)9-3(1)7;/h5-8H;1H2. The van der Waals surface area contributed by atoms with Crippen molar-refractivity contribution in [3.63, 3.8) is 0 Å². The summed E-state index contributed by atoms with van der Waals surface area (Å²) in [5, 5.41) is 33.7.